The SMILES string of the molecule is CCOc1cc2c(cc1OC)CCN(C=O)[C@H]2CCc1c[nH]c2cc(Cl)c(F)cc12. The lowest BCUT2D eigenvalue weighted by Gasteiger charge is -2.35. The first kappa shape index (κ1) is 20.5. The lowest BCUT2D eigenvalue weighted by molar-refractivity contribution is -0.120. The number of carbonyl (C=O) groups excluding carboxylic acids is 1. The fraction of sp³-hybridized carbons (Fsp3) is 0.348. The van der Waals surface area contributed by atoms with Crippen molar-refractivity contribution in [1.29, 1.82) is 0 Å². The average molecular weight is 431 g/mol. The van der Waals surface area contributed by atoms with Crippen molar-refractivity contribution in [2.24, 2.45) is 0 Å². The van der Waals surface area contributed by atoms with Gasteiger partial charge in [-0.25, -0.2) is 4.39 Å². The summed E-state index contributed by atoms with van der Waals surface area (Å²) in [6.45, 7) is 3.10. The molecule has 2 aromatic carbocycles. The second kappa shape index (κ2) is 8.56. The molecular weight excluding hydrogens is 407 g/mol. The summed E-state index contributed by atoms with van der Waals surface area (Å²) in [5.41, 5.74) is 4.04. The molecule has 1 amide bonds. The van der Waals surface area contributed by atoms with Crippen molar-refractivity contribution in [3.8, 4) is 11.5 Å². The van der Waals surface area contributed by atoms with Crippen LogP contribution in [0.2, 0.25) is 5.02 Å². The van der Waals surface area contributed by atoms with Gasteiger partial charge in [0.25, 0.3) is 0 Å². The molecule has 3 aromatic rings. The lowest BCUT2D eigenvalue weighted by atomic mass is 9.88. The quantitative estimate of drug-likeness (QED) is 0.533. The van der Waals surface area contributed by atoms with Gasteiger partial charge < -0.3 is 19.4 Å². The molecule has 1 aromatic heterocycles. The van der Waals surface area contributed by atoms with Crippen LogP contribution in [0.4, 0.5) is 4.39 Å². The van der Waals surface area contributed by atoms with Gasteiger partial charge in [0.15, 0.2) is 11.5 Å². The minimum absolute atomic E-state index is 0.0848. The number of hydrogen-bond donors (Lipinski definition) is 1. The van der Waals surface area contributed by atoms with E-state index in [0.717, 1.165) is 40.4 Å². The zero-order valence-corrected chi connectivity index (χ0v) is 17.8. The van der Waals surface area contributed by atoms with E-state index in [9.17, 15) is 9.18 Å². The Kier molecular flexibility index (Phi) is 5.86. The molecule has 1 aliphatic heterocycles. The molecule has 1 aliphatic rings. The Labute approximate surface area is 179 Å². The van der Waals surface area contributed by atoms with Gasteiger partial charge in [-0.05, 0) is 67.1 Å². The summed E-state index contributed by atoms with van der Waals surface area (Å²) >= 11 is 5.89. The fourth-order valence-corrected chi connectivity index (χ4v) is 4.44. The van der Waals surface area contributed by atoms with Crippen LogP contribution >= 0.6 is 11.6 Å². The Morgan fingerprint density at radius 3 is 2.87 bits per heavy atom. The monoisotopic (exact) mass is 430 g/mol. The molecule has 0 unspecified atom stereocenters. The van der Waals surface area contributed by atoms with Gasteiger partial charge >= 0.3 is 0 Å². The number of halogens is 2. The third kappa shape index (κ3) is 3.72. The van der Waals surface area contributed by atoms with Crippen molar-refractivity contribution in [3.05, 3.63) is 58.0 Å². The van der Waals surface area contributed by atoms with Gasteiger partial charge in [0.05, 0.1) is 24.8 Å². The Hall–Kier alpha value is -2.73. The van der Waals surface area contributed by atoms with Crippen LogP contribution < -0.4 is 9.47 Å². The Balaban J connectivity index is 1.66. The molecule has 5 nitrogen and oxygen atoms in total. The van der Waals surface area contributed by atoms with E-state index < -0.39 is 5.82 Å². The second-order valence-corrected chi connectivity index (χ2v) is 7.82. The highest BCUT2D eigenvalue weighted by Crippen LogP contribution is 2.40. The molecule has 0 fully saturated rings. The van der Waals surface area contributed by atoms with Gasteiger partial charge in [0.1, 0.15) is 5.82 Å². The maximum absolute atomic E-state index is 14.0. The number of nitrogens with one attached hydrogen (secondary N) is 1. The van der Waals surface area contributed by atoms with E-state index in [1.54, 1.807) is 13.2 Å². The van der Waals surface area contributed by atoms with E-state index in [4.69, 9.17) is 21.1 Å². The van der Waals surface area contributed by atoms with Crippen molar-refractivity contribution in [3.63, 3.8) is 0 Å². The standard InChI is InChI=1S/C23H24ClFN2O3/c1-3-30-23-10-17-14(8-22(23)29-2)6-7-27(13-28)21(17)5-4-15-12-26-20-11-18(24)19(25)9-16(15)20/h8-13,21,26H,3-7H2,1-2H3/t21-/m0/s1. The number of H-pyrrole nitrogens is 1. The van der Waals surface area contributed by atoms with Gasteiger partial charge in [-0.2, -0.15) is 0 Å². The summed E-state index contributed by atoms with van der Waals surface area (Å²) in [5.74, 6) is 0.953. The number of aromatic nitrogens is 1. The van der Waals surface area contributed by atoms with Gasteiger partial charge in [0.2, 0.25) is 6.41 Å². The Bertz CT molecular complexity index is 1080. The molecule has 0 aliphatic carbocycles. The smallest absolute Gasteiger partial charge is 0.210 e. The third-order valence-corrected chi connectivity index (χ3v) is 6.04. The highest BCUT2D eigenvalue weighted by Gasteiger charge is 2.28. The van der Waals surface area contributed by atoms with E-state index in [2.05, 4.69) is 4.98 Å². The van der Waals surface area contributed by atoms with Crippen molar-refractivity contribution < 1.29 is 18.7 Å². The number of ether oxygens (including phenoxy) is 2. The molecular formula is C23H24ClFN2O3. The first-order valence-electron chi connectivity index (χ1n) is 10.0. The normalized spacial score (nSPS) is 15.9. The first-order chi connectivity index (χ1) is 14.5. The zero-order valence-electron chi connectivity index (χ0n) is 17.0. The van der Waals surface area contributed by atoms with Crippen LogP contribution in [-0.2, 0) is 17.6 Å². The number of amides is 1. The Morgan fingerprint density at radius 1 is 1.30 bits per heavy atom. The van der Waals surface area contributed by atoms with Gasteiger partial charge in [-0.1, -0.05) is 11.6 Å². The summed E-state index contributed by atoms with van der Waals surface area (Å²) in [4.78, 5) is 16.8. The molecule has 0 bridgehead atoms. The van der Waals surface area contributed by atoms with E-state index in [0.29, 0.717) is 37.5 Å². The molecule has 0 saturated heterocycles. The Morgan fingerprint density at radius 2 is 2.13 bits per heavy atom. The number of aromatic amines is 1. The molecule has 0 saturated carbocycles. The molecule has 158 valence electrons. The first-order valence-corrected chi connectivity index (χ1v) is 10.4. The minimum Gasteiger partial charge on any atom is -0.493 e. The molecule has 0 radical (unpaired) electrons. The van der Waals surface area contributed by atoms with E-state index in [1.807, 2.05) is 30.2 Å². The van der Waals surface area contributed by atoms with Gasteiger partial charge in [-0.15, -0.1) is 0 Å². The van der Waals surface area contributed by atoms with Crippen LogP contribution in [0.1, 0.15) is 36.1 Å². The van der Waals surface area contributed by atoms with Crippen LogP contribution in [-0.4, -0.2) is 36.6 Å². The fourth-order valence-electron chi connectivity index (χ4n) is 4.28. The predicted molar refractivity (Wildman–Crippen MR) is 115 cm³/mol. The second-order valence-electron chi connectivity index (χ2n) is 7.41. The number of methoxy groups -OCH3 is 1. The number of fused-ring (bicyclic) bond motifs is 2. The topological polar surface area (TPSA) is 54.6 Å². The van der Waals surface area contributed by atoms with E-state index in [1.165, 1.54) is 6.07 Å². The third-order valence-electron chi connectivity index (χ3n) is 5.75. The summed E-state index contributed by atoms with van der Waals surface area (Å²) in [5, 5.41) is 0.914. The molecule has 1 atom stereocenters. The van der Waals surface area contributed by atoms with E-state index >= 15 is 0 Å². The molecule has 4 rings (SSSR count). The number of aryl methyl sites for hydroxylation is 1. The van der Waals surface area contributed by atoms with E-state index in [-0.39, 0.29) is 11.1 Å². The van der Waals surface area contributed by atoms with Crippen LogP contribution in [0.5, 0.6) is 11.5 Å². The zero-order chi connectivity index (χ0) is 21.3. The van der Waals surface area contributed by atoms with Crippen molar-refractivity contribution in [2.45, 2.75) is 32.2 Å². The minimum atomic E-state index is -0.434. The molecule has 2 heterocycles. The number of benzene rings is 2. The largest absolute Gasteiger partial charge is 0.493 e. The molecule has 1 N–H and O–H groups in total. The number of carbonyl (C=O) groups is 1. The van der Waals surface area contributed by atoms with Crippen LogP contribution in [0.15, 0.2) is 30.5 Å². The molecule has 7 heteroatoms. The number of nitrogens with zero attached hydrogens (tertiary/aromatic N) is 1. The van der Waals surface area contributed by atoms with Crippen LogP contribution in [0.3, 0.4) is 0 Å². The molecule has 0 spiro atoms. The lowest BCUT2D eigenvalue weighted by Crippen LogP contribution is -2.34. The van der Waals surface area contributed by atoms with Crippen molar-refractivity contribution in [2.75, 3.05) is 20.3 Å². The molecule has 30 heavy (non-hydrogen) atoms. The summed E-state index contributed by atoms with van der Waals surface area (Å²) < 4.78 is 25.2. The van der Waals surface area contributed by atoms with Gasteiger partial charge in [-0.3, -0.25) is 4.79 Å². The summed E-state index contributed by atoms with van der Waals surface area (Å²) in [6.07, 6.45) is 4.96. The number of rotatable bonds is 7. The maximum atomic E-state index is 14.0. The van der Waals surface area contributed by atoms with Crippen molar-refractivity contribution in [1.82, 2.24) is 9.88 Å². The van der Waals surface area contributed by atoms with Crippen molar-refractivity contribution >= 4 is 28.9 Å². The number of hydrogen-bond acceptors (Lipinski definition) is 3. The van der Waals surface area contributed by atoms with Gasteiger partial charge in [0, 0.05) is 23.6 Å². The highest BCUT2D eigenvalue weighted by molar-refractivity contribution is 6.31. The maximum Gasteiger partial charge on any atom is 0.210 e. The summed E-state index contributed by atoms with van der Waals surface area (Å²) in [7, 11) is 1.63. The van der Waals surface area contributed by atoms with Crippen LogP contribution in [0.25, 0.3) is 10.9 Å². The summed E-state index contributed by atoms with van der Waals surface area (Å²) in [6, 6.07) is 6.99. The van der Waals surface area contributed by atoms with Crippen LogP contribution in [0, 0.1) is 5.82 Å². The average Bonchev–Trinajstić information content (AvgIpc) is 3.13. The highest BCUT2D eigenvalue weighted by atomic mass is 35.5. The predicted octanol–water partition coefficient (Wildman–Crippen LogP) is 5.06.